The standard InChI is InChI=1S/C16H32N2O/c1-2-10-17-13-15(19)14-18-11-8-16(9-12-18)6-4-3-5-7-16/h15,17,19H,2-14H2,1H3. The largest absolute Gasteiger partial charge is 0.390 e. The van der Waals surface area contributed by atoms with Crippen LogP contribution in [0.5, 0.6) is 0 Å². The molecule has 1 atom stereocenters. The van der Waals surface area contributed by atoms with Crippen LogP contribution >= 0.6 is 0 Å². The zero-order valence-electron chi connectivity index (χ0n) is 12.7. The molecule has 1 spiro atoms. The van der Waals surface area contributed by atoms with Crippen LogP contribution in [-0.2, 0) is 0 Å². The lowest BCUT2D eigenvalue weighted by atomic mass is 9.68. The van der Waals surface area contributed by atoms with Gasteiger partial charge in [0.25, 0.3) is 0 Å². The van der Waals surface area contributed by atoms with Gasteiger partial charge >= 0.3 is 0 Å². The van der Waals surface area contributed by atoms with E-state index in [0.29, 0.717) is 5.41 Å². The molecule has 1 aliphatic carbocycles. The van der Waals surface area contributed by atoms with E-state index < -0.39 is 0 Å². The Labute approximate surface area is 118 Å². The molecule has 0 amide bonds. The fourth-order valence-electron chi connectivity index (χ4n) is 3.82. The first kappa shape index (κ1) is 15.3. The average molecular weight is 268 g/mol. The Morgan fingerprint density at radius 2 is 1.79 bits per heavy atom. The Morgan fingerprint density at radius 3 is 2.42 bits per heavy atom. The summed E-state index contributed by atoms with van der Waals surface area (Å²) in [6, 6.07) is 0. The predicted octanol–water partition coefficient (Wildman–Crippen LogP) is 2.39. The van der Waals surface area contributed by atoms with Gasteiger partial charge < -0.3 is 15.3 Å². The normalized spacial score (nSPS) is 25.6. The highest BCUT2D eigenvalue weighted by molar-refractivity contribution is 4.88. The van der Waals surface area contributed by atoms with Gasteiger partial charge in [-0.2, -0.15) is 0 Å². The number of aliphatic hydroxyl groups is 1. The fourth-order valence-corrected chi connectivity index (χ4v) is 3.82. The van der Waals surface area contributed by atoms with Crippen molar-refractivity contribution in [1.29, 1.82) is 0 Å². The maximum absolute atomic E-state index is 10.0. The Morgan fingerprint density at radius 1 is 1.11 bits per heavy atom. The first-order chi connectivity index (χ1) is 9.24. The number of hydrogen-bond donors (Lipinski definition) is 2. The van der Waals surface area contributed by atoms with Gasteiger partial charge in [-0.3, -0.25) is 0 Å². The second-order valence-electron chi connectivity index (χ2n) is 6.72. The second kappa shape index (κ2) is 7.61. The van der Waals surface area contributed by atoms with Crippen molar-refractivity contribution in [2.75, 3.05) is 32.7 Å². The van der Waals surface area contributed by atoms with Crippen LogP contribution in [0.15, 0.2) is 0 Å². The molecule has 3 nitrogen and oxygen atoms in total. The van der Waals surface area contributed by atoms with Crippen LogP contribution in [0.1, 0.15) is 58.3 Å². The quantitative estimate of drug-likeness (QED) is 0.726. The number of nitrogens with zero attached hydrogens (tertiary/aromatic N) is 1. The molecule has 1 unspecified atom stereocenters. The van der Waals surface area contributed by atoms with Crippen molar-refractivity contribution in [2.45, 2.75) is 64.4 Å². The summed E-state index contributed by atoms with van der Waals surface area (Å²) in [7, 11) is 0. The highest BCUT2D eigenvalue weighted by Gasteiger charge is 2.35. The van der Waals surface area contributed by atoms with E-state index in [-0.39, 0.29) is 6.10 Å². The Hall–Kier alpha value is -0.120. The van der Waals surface area contributed by atoms with Crippen LogP contribution in [0.25, 0.3) is 0 Å². The van der Waals surface area contributed by atoms with E-state index in [1.807, 2.05) is 0 Å². The summed E-state index contributed by atoms with van der Waals surface area (Å²) >= 11 is 0. The van der Waals surface area contributed by atoms with E-state index in [1.54, 1.807) is 0 Å². The van der Waals surface area contributed by atoms with E-state index in [0.717, 1.165) is 26.1 Å². The molecule has 0 aromatic carbocycles. The van der Waals surface area contributed by atoms with Crippen molar-refractivity contribution in [3.05, 3.63) is 0 Å². The van der Waals surface area contributed by atoms with Gasteiger partial charge in [0.05, 0.1) is 6.10 Å². The lowest BCUT2D eigenvalue weighted by molar-refractivity contribution is 0.0385. The molecule has 19 heavy (non-hydrogen) atoms. The number of β-amino-alcohol motifs (C(OH)–C–C–N with tert-alkyl or cyclic N) is 1. The minimum absolute atomic E-state index is 0.202. The maximum Gasteiger partial charge on any atom is 0.0791 e. The monoisotopic (exact) mass is 268 g/mol. The molecule has 0 aromatic rings. The van der Waals surface area contributed by atoms with Gasteiger partial charge in [-0.05, 0) is 57.2 Å². The zero-order chi connectivity index (χ0) is 13.6. The lowest BCUT2D eigenvalue weighted by Gasteiger charge is -2.44. The summed E-state index contributed by atoms with van der Waals surface area (Å²) in [4.78, 5) is 2.47. The molecular formula is C16H32N2O. The Kier molecular flexibility index (Phi) is 6.11. The first-order valence-electron chi connectivity index (χ1n) is 8.35. The van der Waals surface area contributed by atoms with Crippen molar-refractivity contribution in [2.24, 2.45) is 5.41 Å². The number of hydrogen-bond acceptors (Lipinski definition) is 3. The van der Waals surface area contributed by atoms with Crippen LogP contribution in [0.2, 0.25) is 0 Å². The molecule has 1 aliphatic heterocycles. The van der Waals surface area contributed by atoms with Crippen molar-refractivity contribution in [1.82, 2.24) is 10.2 Å². The smallest absolute Gasteiger partial charge is 0.0791 e. The average Bonchev–Trinajstić information content (AvgIpc) is 2.43. The lowest BCUT2D eigenvalue weighted by Crippen LogP contribution is -2.45. The molecule has 1 heterocycles. The number of piperidine rings is 1. The summed E-state index contributed by atoms with van der Waals surface area (Å²) in [6.45, 7) is 7.17. The van der Waals surface area contributed by atoms with Crippen molar-refractivity contribution in [3.63, 3.8) is 0 Å². The van der Waals surface area contributed by atoms with Gasteiger partial charge in [-0.15, -0.1) is 0 Å². The molecule has 112 valence electrons. The third-order valence-corrected chi connectivity index (χ3v) is 5.11. The molecule has 2 rings (SSSR count). The third-order valence-electron chi connectivity index (χ3n) is 5.11. The first-order valence-corrected chi connectivity index (χ1v) is 8.35. The minimum atomic E-state index is -0.202. The zero-order valence-corrected chi connectivity index (χ0v) is 12.7. The molecule has 0 radical (unpaired) electrons. The van der Waals surface area contributed by atoms with E-state index in [1.165, 1.54) is 58.0 Å². The summed E-state index contributed by atoms with van der Waals surface area (Å²) in [6.07, 6.45) is 10.9. The van der Waals surface area contributed by atoms with Gasteiger partial charge in [0.2, 0.25) is 0 Å². The highest BCUT2D eigenvalue weighted by Crippen LogP contribution is 2.44. The highest BCUT2D eigenvalue weighted by atomic mass is 16.3. The molecular weight excluding hydrogens is 236 g/mol. The molecule has 0 aromatic heterocycles. The summed E-state index contributed by atoms with van der Waals surface area (Å²) < 4.78 is 0. The van der Waals surface area contributed by atoms with E-state index in [9.17, 15) is 5.11 Å². The minimum Gasteiger partial charge on any atom is -0.390 e. The molecule has 0 bridgehead atoms. The van der Waals surface area contributed by atoms with Crippen molar-refractivity contribution >= 4 is 0 Å². The molecule has 3 heteroatoms. The van der Waals surface area contributed by atoms with Gasteiger partial charge in [0.1, 0.15) is 0 Å². The van der Waals surface area contributed by atoms with Gasteiger partial charge in [-0.25, -0.2) is 0 Å². The van der Waals surface area contributed by atoms with Gasteiger partial charge in [0.15, 0.2) is 0 Å². The number of aliphatic hydroxyl groups excluding tert-OH is 1. The second-order valence-corrected chi connectivity index (χ2v) is 6.72. The summed E-state index contributed by atoms with van der Waals surface area (Å²) in [5.41, 5.74) is 0.681. The van der Waals surface area contributed by atoms with Crippen LogP contribution < -0.4 is 5.32 Å². The number of nitrogens with one attached hydrogen (secondary N) is 1. The molecule has 2 N–H and O–H groups in total. The molecule has 2 fully saturated rings. The summed E-state index contributed by atoms with van der Waals surface area (Å²) in [5, 5.41) is 13.3. The number of likely N-dealkylation sites (tertiary alicyclic amines) is 1. The maximum atomic E-state index is 10.0. The predicted molar refractivity (Wildman–Crippen MR) is 80.4 cm³/mol. The topological polar surface area (TPSA) is 35.5 Å². The van der Waals surface area contributed by atoms with E-state index in [2.05, 4.69) is 17.1 Å². The van der Waals surface area contributed by atoms with E-state index >= 15 is 0 Å². The molecule has 1 saturated carbocycles. The van der Waals surface area contributed by atoms with Gasteiger partial charge in [-0.1, -0.05) is 26.2 Å². The fraction of sp³-hybridized carbons (Fsp3) is 1.00. The van der Waals surface area contributed by atoms with Gasteiger partial charge in [0, 0.05) is 13.1 Å². The Balaban J connectivity index is 1.65. The van der Waals surface area contributed by atoms with E-state index in [4.69, 9.17) is 0 Å². The third kappa shape index (κ3) is 4.73. The Bertz CT molecular complexity index is 241. The molecule has 2 aliphatic rings. The van der Waals surface area contributed by atoms with Crippen molar-refractivity contribution in [3.8, 4) is 0 Å². The van der Waals surface area contributed by atoms with Crippen LogP contribution in [0, 0.1) is 5.41 Å². The van der Waals surface area contributed by atoms with Crippen LogP contribution in [0.4, 0.5) is 0 Å². The number of rotatable bonds is 6. The summed E-state index contributed by atoms with van der Waals surface area (Å²) in [5.74, 6) is 0. The van der Waals surface area contributed by atoms with Crippen molar-refractivity contribution < 1.29 is 5.11 Å². The molecule has 1 saturated heterocycles. The van der Waals surface area contributed by atoms with Crippen LogP contribution in [-0.4, -0.2) is 48.8 Å². The SMILES string of the molecule is CCCNCC(O)CN1CCC2(CCCCC2)CC1. The van der Waals surface area contributed by atoms with Crippen LogP contribution in [0.3, 0.4) is 0 Å².